The Hall–Kier alpha value is -2.26. The Morgan fingerprint density at radius 2 is 1.79 bits per heavy atom. The Morgan fingerprint density at radius 1 is 1.07 bits per heavy atom. The highest BCUT2D eigenvalue weighted by Gasteiger charge is 2.30. The summed E-state index contributed by atoms with van der Waals surface area (Å²) >= 11 is 12.0. The Kier molecular flexibility index (Phi) is 5.44. The number of nitrogens with one attached hydrogen (secondary N) is 1. The fourth-order valence-electron chi connectivity index (χ4n) is 3.08. The van der Waals surface area contributed by atoms with E-state index in [4.69, 9.17) is 32.4 Å². The van der Waals surface area contributed by atoms with E-state index in [9.17, 15) is 13.2 Å². The average molecular weight is 455 g/mol. The summed E-state index contributed by atoms with van der Waals surface area (Å²) in [7, 11) is -4.14. The zero-order chi connectivity index (χ0) is 20.6. The molecule has 2 heterocycles. The fraction of sp³-hybridized carbons (Fsp3) is 0.211. The molecule has 4 rings (SSSR count). The molecule has 1 fully saturated rings. The molecule has 1 saturated heterocycles. The SMILES string of the molecule is O=C(c1oc2ccccc2c1NS(=O)(=O)c1cc(Cl)ccc1Cl)N1CCOCC1. The normalized spacial score (nSPS) is 14.9. The molecule has 1 N–H and O–H groups in total. The zero-order valence-corrected chi connectivity index (χ0v) is 17.4. The molecule has 1 aliphatic heterocycles. The van der Waals surface area contributed by atoms with E-state index < -0.39 is 15.9 Å². The van der Waals surface area contributed by atoms with E-state index >= 15 is 0 Å². The summed E-state index contributed by atoms with van der Waals surface area (Å²) in [5, 5.41) is 0.693. The number of sulfonamides is 1. The third kappa shape index (κ3) is 3.93. The predicted molar refractivity (Wildman–Crippen MR) is 110 cm³/mol. The summed E-state index contributed by atoms with van der Waals surface area (Å²) in [5.74, 6) is -0.505. The molecule has 10 heteroatoms. The number of morpholine rings is 1. The topological polar surface area (TPSA) is 88.8 Å². The Bertz CT molecular complexity index is 1190. The van der Waals surface area contributed by atoms with Gasteiger partial charge in [0.25, 0.3) is 15.9 Å². The molecular weight excluding hydrogens is 439 g/mol. The lowest BCUT2D eigenvalue weighted by Crippen LogP contribution is -2.40. The summed E-state index contributed by atoms with van der Waals surface area (Å²) in [6, 6.07) is 10.9. The Morgan fingerprint density at radius 3 is 2.55 bits per heavy atom. The van der Waals surface area contributed by atoms with Gasteiger partial charge in [0, 0.05) is 23.5 Å². The first-order chi connectivity index (χ1) is 13.9. The number of anilines is 1. The van der Waals surface area contributed by atoms with Crippen LogP contribution < -0.4 is 4.72 Å². The van der Waals surface area contributed by atoms with Crippen LogP contribution in [0.3, 0.4) is 0 Å². The highest BCUT2D eigenvalue weighted by molar-refractivity contribution is 7.92. The lowest BCUT2D eigenvalue weighted by atomic mass is 10.2. The van der Waals surface area contributed by atoms with Crippen LogP contribution >= 0.6 is 23.2 Å². The molecule has 29 heavy (non-hydrogen) atoms. The number of halogens is 2. The summed E-state index contributed by atoms with van der Waals surface area (Å²) in [6.07, 6.45) is 0. The number of ether oxygens (including phenoxy) is 1. The van der Waals surface area contributed by atoms with E-state index in [0.29, 0.717) is 37.3 Å². The van der Waals surface area contributed by atoms with Gasteiger partial charge in [0.15, 0.2) is 0 Å². The van der Waals surface area contributed by atoms with Gasteiger partial charge in [0.05, 0.1) is 18.2 Å². The number of hydrogen-bond acceptors (Lipinski definition) is 5. The second-order valence-corrected chi connectivity index (χ2v) is 8.88. The average Bonchev–Trinajstić information content (AvgIpc) is 3.07. The third-order valence-electron chi connectivity index (χ3n) is 4.51. The Balaban J connectivity index is 1.80. The van der Waals surface area contributed by atoms with E-state index in [2.05, 4.69) is 4.72 Å². The van der Waals surface area contributed by atoms with E-state index in [1.165, 1.54) is 18.2 Å². The number of rotatable bonds is 4. The lowest BCUT2D eigenvalue weighted by Gasteiger charge is -2.26. The van der Waals surface area contributed by atoms with Crippen molar-refractivity contribution in [2.45, 2.75) is 4.90 Å². The second kappa shape index (κ2) is 7.87. The maximum absolute atomic E-state index is 13.0. The van der Waals surface area contributed by atoms with Crippen molar-refractivity contribution in [2.24, 2.45) is 0 Å². The number of fused-ring (bicyclic) bond motifs is 1. The first-order valence-corrected chi connectivity index (χ1v) is 11.0. The molecule has 7 nitrogen and oxygen atoms in total. The fourth-order valence-corrected chi connectivity index (χ4v) is 4.93. The molecule has 3 aromatic rings. The van der Waals surface area contributed by atoms with Gasteiger partial charge in [0.1, 0.15) is 16.2 Å². The van der Waals surface area contributed by atoms with Crippen molar-refractivity contribution in [3.8, 4) is 0 Å². The maximum atomic E-state index is 13.0. The van der Waals surface area contributed by atoms with Crippen LogP contribution in [0.4, 0.5) is 5.69 Å². The van der Waals surface area contributed by atoms with Gasteiger partial charge in [-0.15, -0.1) is 0 Å². The van der Waals surface area contributed by atoms with Gasteiger partial charge in [-0.1, -0.05) is 35.3 Å². The molecule has 1 amide bonds. The first kappa shape index (κ1) is 20.0. The minimum Gasteiger partial charge on any atom is -0.449 e. The van der Waals surface area contributed by atoms with E-state index in [1.807, 2.05) is 0 Å². The molecule has 0 atom stereocenters. The molecule has 2 aromatic carbocycles. The van der Waals surface area contributed by atoms with Crippen molar-refractivity contribution >= 4 is 55.8 Å². The van der Waals surface area contributed by atoms with Gasteiger partial charge >= 0.3 is 0 Å². The van der Waals surface area contributed by atoms with Gasteiger partial charge < -0.3 is 14.1 Å². The van der Waals surface area contributed by atoms with Crippen LogP contribution in [-0.2, 0) is 14.8 Å². The third-order valence-corrected chi connectivity index (χ3v) is 6.57. The van der Waals surface area contributed by atoms with Gasteiger partial charge in [0.2, 0.25) is 5.76 Å². The monoisotopic (exact) mass is 454 g/mol. The van der Waals surface area contributed by atoms with Crippen LogP contribution in [-0.4, -0.2) is 45.5 Å². The van der Waals surface area contributed by atoms with Crippen LogP contribution in [0.15, 0.2) is 51.8 Å². The molecule has 0 aliphatic carbocycles. The highest BCUT2D eigenvalue weighted by Crippen LogP contribution is 2.35. The van der Waals surface area contributed by atoms with Crippen LogP contribution in [0, 0.1) is 0 Å². The van der Waals surface area contributed by atoms with E-state index in [-0.39, 0.29) is 26.4 Å². The first-order valence-electron chi connectivity index (χ1n) is 8.73. The number of furan rings is 1. The molecule has 1 aliphatic rings. The number of hydrogen-bond donors (Lipinski definition) is 1. The van der Waals surface area contributed by atoms with Gasteiger partial charge in [-0.25, -0.2) is 8.42 Å². The number of benzene rings is 2. The summed E-state index contributed by atoms with van der Waals surface area (Å²) < 4.78 is 39.5. The quantitative estimate of drug-likeness (QED) is 0.642. The van der Waals surface area contributed by atoms with Crippen molar-refractivity contribution < 1.29 is 22.4 Å². The summed E-state index contributed by atoms with van der Waals surface area (Å²) in [6.45, 7) is 1.60. The molecule has 1 aromatic heterocycles. The standard InChI is InChI=1S/C19H16Cl2N2O5S/c20-12-5-6-14(21)16(11-12)29(25,26)22-17-13-3-1-2-4-15(13)28-18(17)19(24)23-7-9-27-10-8-23/h1-6,11,22H,7-10H2. The van der Waals surface area contributed by atoms with Gasteiger partial charge in [-0.05, 0) is 30.3 Å². The lowest BCUT2D eigenvalue weighted by molar-refractivity contribution is 0.0285. The van der Waals surface area contributed by atoms with Crippen molar-refractivity contribution in [3.05, 3.63) is 58.3 Å². The molecule has 0 spiro atoms. The number of carbonyl (C=O) groups is 1. The van der Waals surface area contributed by atoms with Crippen molar-refractivity contribution in [2.75, 3.05) is 31.0 Å². The largest absolute Gasteiger partial charge is 0.449 e. The van der Waals surface area contributed by atoms with Crippen molar-refractivity contribution in [1.82, 2.24) is 4.90 Å². The second-order valence-electron chi connectivity index (χ2n) is 6.39. The van der Waals surface area contributed by atoms with Gasteiger partial charge in [-0.3, -0.25) is 9.52 Å². The summed E-state index contributed by atoms with van der Waals surface area (Å²) in [4.78, 5) is 14.4. The highest BCUT2D eigenvalue weighted by atomic mass is 35.5. The Labute approximate surface area is 177 Å². The smallest absolute Gasteiger partial charge is 0.291 e. The molecule has 0 unspecified atom stereocenters. The predicted octanol–water partition coefficient (Wildman–Crippen LogP) is 4.01. The number of carbonyl (C=O) groups excluding carboxylic acids is 1. The molecule has 0 bridgehead atoms. The van der Waals surface area contributed by atoms with Crippen LogP contribution in [0.5, 0.6) is 0 Å². The van der Waals surface area contributed by atoms with Crippen LogP contribution in [0.2, 0.25) is 10.0 Å². The van der Waals surface area contributed by atoms with Crippen LogP contribution in [0.1, 0.15) is 10.6 Å². The number of nitrogens with zero attached hydrogens (tertiary/aromatic N) is 1. The van der Waals surface area contributed by atoms with Crippen molar-refractivity contribution in [3.63, 3.8) is 0 Å². The number of amides is 1. The molecule has 0 radical (unpaired) electrons. The zero-order valence-electron chi connectivity index (χ0n) is 15.0. The molecule has 152 valence electrons. The minimum absolute atomic E-state index is 0.00996. The minimum atomic E-state index is -4.14. The van der Waals surface area contributed by atoms with Crippen LogP contribution in [0.25, 0.3) is 11.0 Å². The summed E-state index contributed by atoms with van der Waals surface area (Å²) in [5.41, 5.74) is 0.451. The van der Waals surface area contributed by atoms with E-state index in [0.717, 1.165) is 0 Å². The number of para-hydroxylation sites is 1. The molecule has 0 saturated carbocycles. The molecular formula is C19H16Cl2N2O5S. The van der Waals surface area contributed by atoms with Gasteiger partial charge in [-0.2, -0.15) is 0 Å². The van der Waals surface area contributed by atoms with Crippen molar-refractivity contribution in [1.29, 1.82) is 0 Å². The maximum Gasteiger partial charge on any atom is 0.291 e. The van der Waals surface area contributed by atoms with E-state index in [1.54, 1.807) is 29.2 Å².